The highest BCUT2D eigenvalue weighted by Crippen LogP contribution is 2.46. The van der Waals surface area contributed by atoms with Gasteiger partial charge in [0, 0.05) is 45.0 Å². The number of piperazine rings is 1. The first-order chi connectivity index (χ1) is 13.6. The molecule has 0 radical (unpaired) electrons. The number of aromatic nitrogens is 2. The smallest absolute Gasteiger partial charge is 0.125 e. The lowest BCUT2D eigenvalue weighted by Gasteiger charge is -2.36. The third-order valence-electron chi connectivity index (χ3n) is 5.35. The van der Waals surface area contributed by atoms with Crippen molar-refractivity contribution in [1.82, 2.24) is 15.1 Å². The lowest BCUT2D eigenvalue weighted by molar-refractivity contribution is 0.238. The van der Waals surface area contributed by atoms with Crippen molar-refractivity contribution in [3.05, 3.63) is 47.3 Å². The first kappa shape index (κ1) is 18.7. The first-order valence-corrected chi connectivity index (χ1v) is 10.1. The highest BCUT2D eigenvalue weighted by molar-refractivity contribution is 5.65. The van der Waals surface area contributed by atoms with Crippen molar-refractivity contribution in [1.29, 1.82) is 5.26 Å². The summed E-state index contributed by atoms with van der Waals surface area (Å²) in [6.07, 6.45) is 4.22. The van der Waals surface area contributed by atoms with Crippen LogP contribution < -0.4 is 9.64 Å². The van der Waals surface area contributed by atoms with Crippen LogP contribution in [0.2, 0.25) is 0 Å². The average Bonchev–Trinajstić information content (AvgIpc) is 3.54. The van der Waals surface area contributed by atoms with Gasteiger partial charge >= 0.3 is 0 Å². The zero-order chi connectivity index (χ0) is 19.5. The minimum Gasteiger partial charge on any atom is -0.491 e. The van der Waals surface area contributed by atoms with Crippen molar-refractivity contribution in [3.8, 4) is 11.8 Å². The van der Waals surface area contributed by atoms with E-state index < -0.39 is 0 Å². The predicted octanol–water partition coefficient (Wildman–Crippen LogP) is 3.34. The van der Waals surface area contributed by atoms with Crippen LogP contribution in [-0.4, -0.2) is 47.4 Å². The maximum absolute atomic E-state index is 9.75. The maximum atomic E-state index is 9.75. The van der Waals surface area contributed by atoms with E-state index in [1.165, 1.54) is 18.4 Å². The molecule has 6 nitrogen and oxygen atoms in total. The molecule has 1 saturated carbocycles. The van der Waals surface area contributed by atoms with Gasteiger partial charge in [-0.2, -0.15) is 15.5 Å². The third kappa shape index (κ3) is 4.26. The number of nitriles is 1. The third-order valence-corrected chi connectivity index (χ3v) is 5.35. The molecule has 1 aliphatic carbocycles. The number of rotatable bonds is 6. The van der Waals surface area contributed by atoms with Crippen LogP contribution in [0.25, 0.3) is 0 Å². The van der Waals surface area contributed by atoms with Crippen LogP contribution in [0.4, 0.5) is 5.69 Å². The summed E-state index contributed by atoms with van der Waals surface area (Å²) in [6, 6.07) is 10.5. The van der Waals surface area contributed by atoms with Crippen LogP contribution in [0.15, 0.2) is 30.5 Å². The van der Waals surface area contributed by atoms with Crippen LogP contribution >= 0.6 is 0 Å². The van der Waals surface area contributed by atoms with E-state index in [4.69, 9.17) is 4.74 Å². The minimum absolute atomic E-state index is 0.127. The number of ether oxygens (including phenoxy) is 1. The second-order valence-electron chi connectivity index (χ2n) is 7.94. The topological polar surface area (TPSA) is 65.3 Å². The van der Waals surface area contributed by atoms with Crippen molar-refractivity contribution in [2.45, 2.75) is 45.3 Å². The van der Waals surface area contributed by atoms with Crippen molar-refractivity contribution in [2.24, 2.45) is 0 Å². The molecule has 2 heterocycles. The molecule has 1 saturated heterocycles. The summed E-state index contributed by atoms with van der Waals surface area (Å²) in [7, 11) is 0. The van der Waals surface area contributed by atoms with Crippen LogP contribution in [0.1, 0.15) is 49.4 Å². The van der Waals surface area contributed by atoms with Gasteiger partial charge in [-0.25, -0.2) is 0 Å². The summed E-state index contributed by atoms with van der Waals surface area (Å²) in [5, 5.41) is 17.9. The molecule has 0 spiro atoms. The molecular formula is C22H27N5O. The van der Waals surface area contributed by atoms with Gasteiger partial charge in [-0.15, -0.1) is 0 Å². The molecule has 146 valence electrons. The molecule has 0 bridgehead atoms. The fraction of sp³-hybridized carbons (Fsp3) is 0.500. The van der Waals surface area contributed by atoms with Gasteiger partial charge in [-0.05, 0) is 56.4 Å². The van der Waals surface area contributed by atoms with E-state index in [-0.39, 0.29) is 6.10 Å². The molecule has 6 heteroatoms. The van der Waals surface area contributed by atoms with E-state index in [0.717, 1.165) is 55.4 Å². The van der Waals surface area contributed by atoms with Crippen molar-refractivity contribution in [3.63, 3.8) is 0 Å². The molecule has 28 heavy (non-hydrogen) atoms. The molecule has 1 aromatic carbocycles. The second kappa shape index (κ2) is 8.15. The summed E-state index contributed by atoms with van der Waals surface area (Å²) in [6.45, 7) is 8.57. The molecule has 1 aromatic heterocycles. The molecular weight excluding hydrogens is 350 g/mol. The summed E-state index contributed by atoms with van der Waals surface area (Å²) >= 11 is 0. The molecule has 2 aliphatic rings. The van der Waals surface area contributed by atoms with Gasteiger partial charge in [0.05, 0.1) is 23.0 Å². The fourth-order valence-corrected chi connectivity index (χ4v) is 3.80. The van der Waals surface area contributed by atoms with Gasteiger partial charge in [-0.3, -0.25) is 4.90 Å². The highest BCUT2D eigenvalue weighted by atomic mass is 16.5. The zero-order valence-corrected chi connectivity index (χ0v) is 16.6. The molecule has 2 fully saturated rings. The monoisotopic (exact) mass is 377 g/mol. The Morgan fingerprint density at radius 3 is 2.61 bits per heavy atom. The number of benzene rings is 1. The number of hydrogen-bond acceptors (Lipinski definition) is 6. The summed E-state index contributed by atoms with van der Waals surface area (Å²) < 4.78 is 6.12. The summed E-state index contributed by atoms with van der Waals surface area (Å²) in [5.74, 6) is 1.51. The van der Waals surface area contributed by atoms with E-state index in [9.17, 15) is 5.26 Å². The number of nitrogens with zero attached hydrogens (tertiary/aromatic N) is 5. The van der Waals surface area contributed by atoms with Crippen molar-refractivity contribution < 1.29 is 4.74 Å². The largest absolute Gasteiger partial charge is 0.491 e. The summed E-state index contributed by atoms with van der Waals surface area (Å²) in [5.41, 5.74) is 3.97. The van der Waals surface area contributed by atoms with Crippen molar-refractivity contribution >= 4 is 5.69 Å². The standard InChI is InChI=1S/C22H27N5O/c1-16(2)28-22-13-21(18(14-23)12-20(22)17-5-6-17)27-10-8-26(9-11-27)15-19-4-3-7-24-25-19/h3-4,7,12-13,16-17H,5-6,8-11,15H2,1-2H3. The van der Waals surface area contributed by atoms with E-state index >= 15 is 0 Å². The molecule has 2 aromatic rings. The Kier molecular flexibility index (Phi) is 5.45. The predicted molar refractivity (Wildman–Crippen MR) is 108 cm³/mol. The maximum Gasteiger partial charge on any atom is 0.125 e. The Hall–Kier alpha value is -2.65. The molecule has 1 aliphatic heterocycles. The van der Waals surface area contributed by atoms with E-state index in [2.05, 4.69) is 52.0 Å². The Balaban J connectivity index is 1.50. The van der Waals surface area contributed by atoms with Gasteiger partial charge < -0.3 is 9.64 Å². The molecule has 0 atom stereocenters. The minimum atomic E-state index is 0.127. The normalized spacial score (nSPS) is 17.6. The second-order valence-corrected chi connectivity index (χ2v) is 7.94. The van der Waals surface area contributed by atoms with Gasteiger partial charge in [0.2, 0.25) is 0 Å². The first-order valence-electron chi connectivity index (χ1n) is 10.1. The zero-order valence-electron chi connectivity index (χ0n) is 16.6. The Labute approximate surface area is 166 Å². The Morgan fingerprint density at radius 1 is 1.21 bits per heavy atom. The van der Waals surface area contributed by atoms with Gasteiger partial charge in [0.25, 0.3) is 0 Å². The van der Waals surface area contributed by atoms with E-state index in [1.54, 1.807) is 6.20 Å². The molecule has 4 rings (SSSR count). The number of anilines is 1. The lowest BCUT2D eigenvalue weighted by atomic mass is 10.0. The van der Waals surface area contributed by atoms with Gasteiger partial charge in [-0.1, -0.05) is 0 Å². The van der Waals surface area contributed by atoms with Crippen LogP contribution in [0.3, 0.4) is 0 Å². The van der Waals surface area contributed by atoms with E-state index in [0.29, 0.717) is 5.92 Å². The highest BCUT2D eigenvalue weighted by Gasteiger charge is 2.30. The van der Waals surface area contributed by atoms with Crippen molar-refractivity contribution in [2.75, 3.05) is 31.1 Å². The molecule has 0 unspecified atom stereocenters. The van der Waals surface area contributed by atoms with Crippen LogP contribution in [-0.2, 0) is 6.54 Å². The summed E-state index contributed by atoms with van der Waals surface area (Å²) in [4.78, 5) is 4.70. The lowest BCUT2D eigenvalue weighted by Crippen LogP contribution is -2.46. The van der Waals surface area contributed by atoms with Gasteiger partial charge in [0.15, 0.2) is 0 Å². The van der Waals surface area contributed by atoms with Gasteiger partial charge in [0.1, 0.15) is 11.8 Å². The average molecular weight is 377 g/mol. The quantitative estimate of drug-likeness (QED) is 0.769. The molecule has 0 N–H and O–H groups in total. The Morgan fingerprint density at radius 2 is 2.00 bits per heavy atom. The van der Waals surface area contributed by atoms with Crippen LogP contribution in [0.5, 0.6) is 5.75 Å². The fourth-order valence-electron chi connectivity index (χ4n) is 3.80. The Bertz CT molecular complexity index is 849. The van der Waals surface area contributed by atoms with Crippen LogP contribution in [0, 0.1) is 11.3 Å². The van der Waals surface area contributed by atoms with E-state index in [1.807, 2.05) is 12.1 Å². The molecule has 0 amide bonds. The number of hydrogen-bond donors (Lipinski definition) is 0. The SMILES string of the molecule is CC(C)Oc1cc(N2CCN(Cc3cccnn3)CC2)c(C#N)cc1C1CC1.